The average Bonchev–Trinajstić information content (AvgIpc) is 3.11. The first-order valence-corrected chi connectivity index (χ1v) is 8.92. The lowest BCUT2D eigenvalue weighted by atomic mass is 10.2. The van der Waals surface area contributed by atoms with E-state index in [1.807, 2.05) is 0 Å². The summed E-state index contributed by atoms with van der Waals surface area (Å²) in [6.07, 6.45) is 1.25. The highest BCUT2D eigenvalue weighted by atomic mass is 35.5. The Kier molecular flexibility index (Phi) is 5.96. The lowest BCUT2D eigenvalue weighted by Gasteiger charge is -2.37. The molecule has 0 radical (unpaired) electrons. The van der Waals surface area contributed by atoms with Crippen LogP contribution in [0.2, 0.25) is 5.02 Å². The number of benzene rings is 1. The Labute approximate surface area is 158 Å². The molecule has 2 aliphatic rings. The van der Waals surface area contributed by atoms with Crippen LogP contribution >= 0.6 is 24.0 Å². The molecule has 0 spiro atoms. The zero-order chi connectivity index (χ0) is 16.5. The summed E-state index contributed by atoms with van der Waals surface area (Å²) in [5, 5.41) is 4.54. The van der Waals surface area contributed by atoms with Crippen LogP contribution in [0.25, 0.3) is 10.9 Å². The Bertz CT molecular complexity index is 782. The number of H-pyrrole nitrogens is 1. The molecule has 2 fully saturated rings. The van der Waals surface area contributed by atoms with Crippen molar-refractivity contribution in [2.75, 3.05) is 39.3 Å². The third-order valence-electron chi connectivity index (χ3n) is 5.05. The van der Waals surface area contributed by atoms with Gasteiger partial charge in [-0.25, -0.2) is 4.98 Å². The van der Waals surface area contributed by atoms with Crippen molar-refractivity contribution in [3.05, 3.63) is 39.4 Å². The Morgan fingerprint density at radius 1 is 1.24 bits per heavy atom. The van der Waals surface area contributed by atoms with Gasteiger partial charge in [-0.1, -0.05) is 11.6 Å². The molecule has 0 amide bonds. The number of hydrogen-bond acceptors (Lipinski definition) is 5. The molecule has 6 nitrogen and oxygen atoms in total. The molecular formula is C17H23Cl2N5O. The predicted octanol–water partition coefficient (Wildman–Crippen LogP) is 1.48. The second-order valence-corrected chi connectivity index (χ2v) is 7.07. The van der Waals surface area contributed by atoms with Crippen molar-refractivity contribution in [1.82, 2.24) is 25.1 Å². The minimum atomic E-state index is -0.117. The zero-order valence-corrected chi connectivity index (χ0v) is 15.6. The summed E-state index contributed by atoms with van der Waals surface area (Å²) in [7, 11) is 0. The van der Waals surface area contributed by atoms with Gasteiger partial charge in [-0.05, 0) is 31.2 Å². The topological polar surface area (TPSA) is 64.3 Å². The minimum absolute atomic E-state index is 0. The van der Waals surface area contributed by atoms with Crippen molar-refractivity contribution in [2.45, 2.75) is 19.0 Å². The summed E-state index contributed by atoms with van der Waals surface area (Å²) in [6.45, 7) is 7.13. The molecule has 0 bridgehead atoms. The maximum atomic E-state index is 12.2. The molecule has 2 aromatic rings. The third kappa shape index (κ3) is 4.15. The Morgan fingerprint density at radius 3 is 2.76 bits per heavy atom. The second-order valence-electron chi connectivity index (χ2n) is 6.63. The first-order valence-electron chi connectivity index (χ1n) is 8.54. The van der Waals surface area contributed by atoms with E-state index >= 15 is 0 Å². The van der Waals surface area contributed by atoms with Gasteiger partial charge in [0.25, 0.3) is 5.56 Å². The normalized spacial score (nSPS) is 22.2. The number of rotatable bonds is 3. The van der Waals surface area contributed by atoms with Crippen LogP contribution in [0.15, 0.2) is 23.0 Å². The SMILES string of the molecule is Cl.O=c1[nH]c(CN2CCN(C3CCNC3)CC2)nc2ccc(Cl)cc12. The van der Waals surface area contributed by atoms with E-state index in [1.165, 1.54) is 6.42 Å². The largest absolute Gasteiger partial charge is 0.315 e. The predicted molar refractivity (Wildman–Crippen MR) is 103 cm³/mol. The number of halogens is 2. The molecule has 1 aromatic heterocycles. The zero-order valence-electron chi connectivity index (χ0n) is 14.0. The van der Waals surface area contributed by atoms with Crippen molar-refractivity contribution in [3.63, 3.8) is 0 Å². The Hall–Kier alpha value is -1.18. The Balaban J connectivity index is 0.00000182. The number of hydrogen-bond donors (Lipinski definition) is 2. The van der Waals surface area contributed by atoms with Crippen molar-refractivity contribution in [2.24, 2.45) is 0 Å². The van der Waals surface area contributed by atoms with Crippen LogP contribution in [-0.2, 0) is 6.54 Å². The summed E-state index contributed by atoms with van der Waals surface area (Å²) in [6, 6.07) is 5.94. The van der Waals surface area contributed by atoms with Gasteiger partial charge in [0, 0.05) is 43.8 Å². The molecule has 0 saturated carbocycles. The van der Waals surface area contributed by atoms with Crippen LogP contribution in [0.4, 0.5) is 0 Å². The fourth-order valence-electron chi connectivity index (χ4n) is 3.68. The molecule has 1 aromatic carbocycles. The summed E-state index contributed by atoms with van der Waals surface area (Å²) >= 11 is 5.96. The fourth-order valence-corrected chi connectivity index (χ4v) is 3.86. The van der Waals surface area contributed by atoms with E-state index in [1.54, 1.807) is 18.2 Å². The van der Waals surface area contributed by atoms with Crippen molar-refractivity contribution in [3.8, 4) is 0 Å². The van der Waals surface area contributed by atoms with Crippen molar-refractivity contribution >= 4 is 34.9 Å². The number of nitrogens with one attached hydrogen (secondary N) is 2. The van der Waals surface area contributed by atoms with Crippen LogP contribution in [-0.4, -0.2) is 65.1 Å². The third-order valence-corrected chi connectivity index (χ3v) is 5.28. The van der Waals surface area contributed by atoms with Crippen LogP contribution in [0.1, 0.15) is 12.2 Å². The minimum Gasteiger partial charge on any atom is -0.315 e. The summed E-state index contributed by atoms with van der Waals surface area (Å²) in [4.78, 5) is 24.7. The van der Waals surface area contributed by atoms with E-state index in [4.69, 9.17) is 11.6 Å². The molecule has 4 rings (SSSR count). The lowest BCUT2D eigenvalue weighted by Crippen LogP contribution is -2.50. The first kappa shape index (κ1) is 18.6. The molecule has 1 unspecified atom stereocenters. The highest BCUT2D eigenvalue weighted by molar-refractivity contribution is 6.31. The number of aromatic nitrogens is 2. The molecular weight excluding hydrogens is 361 g/mol. The molecule has 0 aliphatic carbocycles. The first-order chi connectivity index (χ1) is 11.7. The maximum absolute atomic E-state index is 12.2. The Morgan fingerprint density at radius 2 is 2.04 bits per heavy atom. The number of aromatic amines is 1. The van der Waals surface area contributed by atoms with Gasteiger partial charge in [0.05, 0.1) is 17.4 Å². The van der Waals surface area contributed by atoms with E-state index in [0.29, 0.717) is 28.5 Å². The standard InChI is InChI=1S/C17H22ClN5O.ClH/c18-12-1-2-15-14(9-12)17(24)21-16(20-15)11-22-5-7-23(8-6-22)13-3-4-19-10-13;/h1-2,9,13,19H,3-8,10-11H2,(H,20,21,24);1H. The molecule has 1 atom stereocenters. The molecule has 25 heavy (non-hydrogen) atoms. The van der Waals surface area contributed by atoms with Crippen molar-refractivity contribution in [1.29, 1.82) is 0 Å². The van der Waals surface area contributed by atoms with Gasteiger partial charge in [-0.2, -0.15) is 0 Å². The van der Waals surface area contributed by atoms with Gasteiger partial charge in [0.2, 0.25) is 0 Å². The van der Waals surface area contributed by atoms with Gasteiger partial charge in [-0.15, -0.1) is 12.4 Å². The van der Waals surface area contributed by atoms with Crippen LogP contribution in [0.3, 0.4) is 0 Å². The summed E-state index contributed by atoms with van der Waals surface area (Å²) < 4.78 is 0. The number of nitrogens with zero attached hydrogens (tertiary/aromatic N) is 3. The van der Waals surface area contributed by atoms with Gasteiger partial charge in [0.15, 0.2) is 0 Å². The average molecular weight is 384 g/mol. The molecule has 136 valence electrons. The molecule has 2 N–H and O–H groups in total. The van der Waals surface area contributed by atoms with E-state index in [-0.39, 0.29) is 18.0 Å². The molecule has 3 heterocycles. The van der Waals surface area contributed by atoms with E-state index in [9.17, 15) is 4.79 Å². The summed E-state index contributed by atoms with van der Waals surface area (Å²) in [5.74, 6) is 0.728. The van der Waals surface area contributed by atoms with E-state index in [2.05, 4.69) is 25.1 Å². The molecule has 8 heteroatoms. The second kappa shape index (κ2) is 8.01. The van der Waals surface area contributed by atoms with Gasteiger partial charge < -0.3 is 10.3 Å². The van der Waals surface area contributed by atoms with Crippen LogP contribution in [0, 0.1) is 0 Å². The monoisotopic (exact) mass is 383 g/mol. The van der Waals surface area contributed by atoms with E-state index in [0.717, 1.165) is 45.1 Å². The van der Waals surface area contributed by atoms with Gasteiger partial charge >= 0.3 is 0 Å². The summed E-state index contributed by atoms with van der Waals surface area (Å²) in [5.41, 5.74) is 0.585. The fraction of sp³-hybridized carbons (Fsp3) is 0.529. The quantitative estimate of drug-likeness (QED) is 0.840. The van der Waals surface area contributed by atoms with Gasteiger partial charge in [0.1, 0.15) is 5.82 Å². The van der Waals surface area contributed by atoms with E-state index < -0.39 is 0 Å². The van der Waals surface area contributed by atoms with Gasteiger partial charge in [-0.3, -0.25) is 14.6 Å². The van der Waals surface area contributed by atoms with Crippen LogP contribution < -0.4 is 10.9 Å². The number of piperazine rings is 1. The molecule has 2 aliphatic heterocycles. The van der Waals surface area contributed by atoms with Crippen molar-refractivity contribution < 1.29 is 0 Å². The van der Waals surface area contributed by atoms with Crippen LogP contribution in [0.5, 0.6) is 0 Å². The smallest absolute Gasteiger partial charge is 0.258 e. The highest BCUT2D eigenvalue weighted by Crippen LogP contribution is 2.16. The number of fused-ring (bicyclic) bond motifs is 1. The molecule has 2 saturated heterocycles. The lowest BCUT2D eigenvalue weighted by molar-refractivity contribution is 0.0965. The highest BCUT2D eigenvalue weighted by Gasteiger charge is 2.26. The maximum Gasteiger partial charge on any atom is 0.258 e.